The summed E-state index contributed by atoms with van der Waals surface area (Å²) in [5.41, 5.74) is 0. The van der Waals surface area contributed by atoms with Crippen LogP contribution in [-0.2, 0) is 0 Å². The van der Waals surface area contributed by atoms with E-state index in [2.05, 4.69) is 49.4 Å². The van der Waals surface area contributed by atoms with Crippen molar-refractivity contribution in [3.8, 4) is 5.75 Å². The Kier molecular flexibility index (Phi) is 3.72. The van der Waals surface area contributed by atoms with Gasteiger partial charge in [0.1, 0.15) is 5.75 Å². The molecule has 1 aliphatic rings. The largest absolute Gasteiger partial charge is 0.490 e. The quantitative estimate of drug-likeness (QED) is 0.732. The second-order valence-electron chi connectivity index (χ2n) is 5.65. The van der Waals surface area contributed by atoms with Crippen LogP contribution in [0.1, 0.15) is 39.0 Å². The first-order chi connectivity index (χ1) is 9.36. The Morgan fingerprint density at radius 1 is 0.947 bits per heavy atom. The normalized spacial score (nSPS) is 23.4. The summed E-state index contributed by atoms with van der Waals surface area (Å²) in [5, 5.41) is 2.50. The number of hydrogen-bond acceptors (Lipinski definition) is 1. The third kappa shape index (κ3) is 2.75. The van der Waals surface area contributed by atoms with E-state index in [1.807, 2.05) is 0 Å². The van der Waals surface area contributed by atoms with E-state index in [1.54, 1.807) is 0 Å². The average Bonchev–Trinajstić information content (AvgIpc) is 2.48. The van der Waals surface area contributed by atoms with E-state index in [1.165, 1.54) is 42.9 Å². The van der Waals surface area contributed by atoms with Gasteiger partial charge in [-0.3, -0.25) is 0 Å². The number of rotatable bonds is 3. The van der Waals surface area contributed by atoms with Gasteiger partial charge in [-0.1, -0.05) is 49.7 Å². The second kappa shape index (κ2) is 5.64. The number of ether oxygens (including phenoxy) is 1. The van der Waals surface area contributed by atoms with Crippen molar-refractivity contribution in [2.24, 2.45) is 5.92 Å². The summed E-state index contributed by atoms with van der Waals surface area (Å²) in [6, 6.07) is 14.8. The molecule has 0 aromatic heterocycles. The molecule has 19 heavy (non-hydrogen) atoms. The van der Waals surface area contributed by atoms with E-state index in [0.717, 1.165) is 11.7 Å². The van der Waals surface area contributed by atoms with Crippen LogP contribution in [0.3, 0.4) is 0 Å². The molecule has 0 radical (unpaired) electrons. The molecule has 0 heterocycles. The highest BCUT2D eigenvalue weighted by molar-refractivity contribution is 5.88. The lowest BCUT2D eigenvalue weighted by Gasteiger charge is -2.28. The predicted octanol–water partition coefficient (Wildman–Crippen LogP) is 5.19. The molecule has 1 aliphatic carbocycles. The molecule has 1 fully saturated rings. The van der Waals surface area contributed by atoms with Crippen LogP contribution >= 0.6 is 0 Å². The average molecular weight is 254 g/mol. The van der Waals surface area contributed by atoms with Gasteiger partial charge in [0.05, 0.1) is 6.10 Å². The van der Waals surface area contributed by atoms with Crippen molar-refractivity contribution in [3.05, 3.63) is 42.5 Å². The fraction of sp³-hybridized carbons (Fsp3) is 0.444. The Balaban J connectivity index is 1.75. The van der Waals surface area contributed by atoms with E-state index in [0.29, 0.717) is 6.10 Å². The van der Waals surface area contributed by atoms with Gasteiger partial charge in [-0.2, -0.15) is 0 Å². The zero-order chi connectivity index (χ0) is 13.1. The molecule has 0 unspecified atom stereocenters. The van der Waals surface area contributed by atoms with Crippen LogP contribution in [0.5, 0.6) is 5.75 Å². The second-order valence-corrected chi connectivity index (χ2v) is 5.65. The molecule has 1 nitrogen and oxygen atoms in total. The molecule has 1 heteroatoms. The molecule has 0 bridgehead atoms. The van der Waals surface area contributed by atoms with E-state index < -0.39 is 0 Å². The van der Waals surface area contributed by atoms with Crippen molar-refractivity contribution in [2.45, 2.75) is 45.1 Å². The number of hydrogen-bond donors (Lipinski definition) is 0. The van der Waals surface area contributed by atoms with Crippen LogP contribution in [0, 0.1) is 5.92 Å². The molecule has 0 amide bonds. The highest BCUT2D eigenvalue weighted by Gasteiger charge is 2.21. The van der Waals surface area contributed by atoms with Gasteiger partial charge in [0.2, 0.25) is 0 Å². The Bertz CT molecular complexity index is 533. The Hall–Kier alpha value is -1.50. The van der Waals surface area contributed by atoms with Crippen LogP contribution in [0.2, 0.25) is 0 Å². The minimum atomic E-state index is 0.411. The molecule has 0 saturated heterocycles. The van der Waals surface area contributed by atoms with E-state index >= 15 is 0 Å². The van der Waals surface area contributed by atoms with Gasteiger partial charge in [-0.25, -0.2) is 0 Å². The summed E-state index contributed by atoms with van der Waals surface area (Å²) >= 11 is 0. The minimum absolute atomic E-state index is 0.411. The van der Waals surface area contributed by atoms with Gasteiger partial charge in [-0.05, 0) is 43.1 Å². The predicted molar refractivity (Wildman–Crippen MR) is 80.6 cm³/mol. The fourth-order valence-corrected chi connectivity index (χ4v) is 3.14. The maximum Gasteiger partial charge on any atom is 0.127 e. The Morgan fingerprint density at radius 3 is 2.47 bits per heavy atom. The lowest BCUT2D eigenvalue weighted by Crippen LogP contribution is -2.23. The molecule has 2 aromatic carbocycles. The summed E-state index contributed by atoms with van der Waals surface area (Å²) < 4.78 is 6.26. The third-order valence-electron chi connectivity index (χ3n) is 4.41. The summed E-state index contributed by atoms with van der Waals surface area (Å²) in [6.07, 6.45) is 6.80. The lowest BCUT2D eigenvalue weighted by atomic mass is 9.86. The molecule has 0 N–H and O–H groups in total. The van der Waals surface area contributed by atoms with Crippen LogP contribution < -0.4 is 4.74 Å². The van der Waals surface area contributed by atoms with Crippen molar-refractivity contribution < 1.29 is 4.74 Å². The van der Waals surface area contributed by atoms with Gasteiger partial charge < -0.3 is 4.74 Å². The summed E-state index contributed by atoms with van der Waals surface area (Å²) in [4.78, 5) is 0. The van der Waals surface area contributed by atoms with E-state index in [9.17, 15) is 0 Å². The molecule has 0 aliphatic heterocycles. The highest BCUT2D eigenvalue weighted by atomic mass is 16.5. The van der Waals surface area contributed by atoms with E-state index in [4.69, 9.17) is 4.74 Å². The molecular formula is C18H22O. The molecule has 1 saturated carbocycles. The Labute approximate surface area is 115 Å². The Morgan fingerprint density at radius 2 is 1.68 bits per heavy atom. The topological polar surface area (TPSA) is 9.23 Å². The van der Waals surface area contributed by atoms with Crippen molar-refractivity contribution >= 4 is 10.8 Å². The summed E-state index contributed by atoms with van der Waals surface area (Å²) in [6.45, 7) is 2.30. The zero-order valence-electron chi connectivity index (χ0n) is 11.6. The lowest BCUT2D eigenvalue weighted by molar-refractivity contribution is 0.131. The molecule has 2 aromatic rings. The molecule has 0 spiro atoms. The maximum absolute atomic E-state index is 6.26. The number of fused-ring (bicyclic) bond motifs is 1. The van der Waals surface area contributed by atoms with E-state index in [-0.39, 0.29) is 0 Å². The van der Waals surface area contributed by atoms with Crippen LogP contribution in [-0.4, -0.2) is 6.10 Å². The zero-order valence-corrected chi connectivity index (χ0v) is 11.6. The van der Waals surface area contributed by atoms with Gasteiger partial charge >= 0.3 is 0 Å². The molecular weight excluding hydrogens is 232 g/mol. The van der Waals surface area contributed by atoms with Crippen LogP contribution in [0.4, 0.5) is 0 Å². The molecule has 0 atom stereocenters. The van der Waals surface area contributed by atoms with Crippen molar-refractivity contribution in [1.29, 1.82) is 0 Å². The van der Waals surface area contributed by atoms with Gasteiger partial charge in [-0.15, -0.1) is 0 Å². The first kappa shape index (κ1) is 12.5. The van der Waals surface area contributed by atoms with Gasteiger partial charge in [0.25, 0.3) is 0 Å². The summed E-state index contributed by atoms with van der Waals surface area (Å²) in [7, 11) is 0. The smallest absolute Gasteiger partial charge is 0.127 e. The first-order valence-corrected chi connectivity index (χ1v) is 7.51. The van der Waals surface area contributed by atoms with Crippen molar-refractivity contribution in [2.75, 3.05) is 0 Å². The monoisotopic (exact) mass is 254 g/mol. The SMILES string of the molecule is CCC1CCC(Oc2cccc3ccccc23)CC1. The molecule has 100 valence electrons. The first-order valence-electron chi connectivity index (χ1n) is 7.51. The number of benzene rings is 2. The van der Waals surface area contributed by atoms with Gasteiger partial charge in [0, 0.05) is 5.39 Å². The fourth-order valence-electron chi connectivity index (χ4n) is 3.14. The summed E-state index contributed by atoms with van der Waals surface area (Å²) in [5.74, 6) is 1.98. The maximum atomic E-state index is 6.26. The van der Waals surface area contributed by atoms with Crippen LogP contribution in [0.25, 0.3) is 10.8 Å². The van der Waals surface area contributed by atoms with Crippen molar-refractivity contribution in [1.82, 2.24) is 0 Å². The van der Waals surface area contributed by atoms with Crippen molar-refractivity contribution in [3.63, 3.8) is 0 Å². The van der Waals surface area contributed by atoms with Gasteiger partial charge in [0.15, 0.2) is 0 Å². The van der Waals surface area contributed by atoms with Crippen LogP contribution in [0.15, 0.2) is 42.5 Å². The third-order valence-corrected chi connectivity index (χ3v) is 4.41. The standard InChI is InChI=1S/C18H22O/c1-2-14-10-12-16(13-11-14)19-18-9-5-7-15-6-3-4-8-17(15)18/h3-9,14,16H,2,10-13H2,1H3. The minimum Gasteiger partial charge on any atom is -0.490 e. The highest BCUT2D eigenvalue weighted by Crippen LogP contribution is 2.32. The molecule has 3 rings (SSSR count).